The summed E-state index contributed by atoms with van der Waals surface area (Å²) < 4.78 is 7.60. The minimum Gasteiger partial charge on any atom is -0.376 e. The van der Waals surface area contributed by atoms with Crippen molar-refractivity contribution in [2.45, 2.75) is 46.3 Å². The van der Waals surface area contributed by atoms with Gasteiger partial charge < -0.3 is 10.5 Å². The fourth-order valence-corrected chi connectivity index (χ4v) is 2.15. The maximum atomic E-state index is 6.27. The molecule has 0 aromatic carbocycles. The fraction of sp³-hybridized carbons (Fsp3) is 0.769. The molecule has 1 aromatic heterocycles. The van der Waals surface area contributed by atoms with E-state index in [1.165, 1.54) is 0 Å². The standard InChI is InChI=1S/C13H25N3O/c1-6-17-12(13(2,3)4)11(14)7-10-8-15-16(5)9-10/h8-9,11-12H,6-7,14H2,1-5H3. The SMILES string of the molecule is CCOC(C(N)Cc1cnn(C)c1)C(C)(C)C. The molecule has 0 aliphatic heterocycles. The first kappa shape index (κ1) is 14.2. The molecule has 98 valence electrons. The summed E-state index contributed by atoms with van der Waals surface area (Å²) in [5.41, 5.74) is 7.48. The first-order chi connectivity index (χ1) is 7.84. The zero-order valence-electron chi connectivity index (χ0n) is 11.6. The van der Waals surface area contributed by atoms with Crippen molar-refractivity contribution in [2.24, 2.45) is 18.2 Å². The lowest BCUT2D eigenvalue weighted by Crippen LogP contribution is -2.46. The van der Waals surface area contributed by atoms with E-state index in [0.717, 1.165) is 12.0 Å². The van der Waals surface area contributed by atoms with Gasteiger partial charge in [-0.15, -0.1) is 0 Å². The van der Waals surface area contributed by atoms with Gasteiger partial charge in [0, 0.05) is 25.9 Å². The molecule has 1 heterocycles. The van der Waals surface area contributed by atoms with Crippen LogP contribution < -0.4 is 5.73 Å². The number of aromatic nitrogens is 2. The lowest BCUT2D eigenvalue weighted by Gasteiger charge is -2.34. The van der Waals surface area contributed by atoms with Crippen LogP contribution in [0.1, 0.15) is 33.3 Å². The van der Waals surface area contributed by atoms with Crippen molar-refractivity contribution in [3.63, 3.8) is 0 Å². The maximum absolute atomic E-state index is 6.27. The normalized spacial score (nSPS) is 15.9. The van der Waals surface area contributed by atoms with Gasteiger partial charge in [-0.1, -0.05) is 20.8 Å². The number of nitrogens with two attached hydrogens (primary N) is 1. The van der Waals surface area contributed by atoms with E-state index < -0.39 is 0 Å². The molecule has 0 amide bonds. The maximum Gasteiger partial charge on any atom is 0.0777 e. The lowest BCUT2D eigenvalue weighted by atomic mass is 9.83. The zero-order chi connectivity index (χ0) is 13.1. The van der Waals surface area contributed by atoms with Gasteiger partial charge in [0.1, 0.15) is 0 Å². The number of rotatable bonds is 5. The van der Waals surface area contributed by atoms with Gasteiger partial charge in [0.15, 0.2) is 0 Å². The molecule has 2 atom stereocenters. The smallest absolute Gasteiger partial charge is 0.0777 e. The largest absolute Gasteiger partial charge is 0.376 e. The van der Waals surface area contributed by atoms with Gasteiger partial charge in [-0.25, -0.2) is 0 Å². The van der Waals surface area contributed by atoms with Crippen LogP contribution in [0.5, 0.6) is 0 Å². The van der Waals surface area contributed by atoms with Crippen LogP contribution in [-0.4, -0.2) is 28.5 Å². The third-order valence-electron chi connectivity index (χ3n) is 2.82. The van der Waals surface area contributed by atoms with E-state index in [1.54, 1.807) is 4.68 Å². The van der Waals surface area contributed by atoms with Crippen LogP contribution in [0, 0.1) is 5.41 Å². The molecule has 0 radical (unpaired) electrons. The second-order valence-corrected chi connectivity index (χ2v) is 5.63. The van der Waals surface area contributed by atoms with Crippen molar-refractivity contribution >= 4 is 0 Å². The van der Waals surface area contributed by atoms with Crippen LogP contribution in [0.15, 0.2) is 12.4 Å². The molecular weight excluding hydrogens is 214 g/mol. The highest BCUT2D eigenvalue weighted by atomic mass is 16.5. The number of nitrogens with zero attached hydrogens (tertiary/aromatic N) is 2. The molecule has 1 rings (SSSR count). The Labute approximate surface area is 104 Å². The predicted molar refractivity (Wildman–Crippen MR) is 69.8 cm³/mol. The Morgan fingerprint density at radius 3 is 2.53 bits per heavy atom. The topological polar surface area (TPSA) is 53.1 Å². The summed E-state index contributed by atoms with van der Waals surface area (Å²) >= 11 is 0. The number of hydrogen-bond donors (Lipinski definition) is 1. The van der Waals surface area contributed by atoms with Crippen molar-refractivity contribution < 1.29 is 4.74 Å². The summed E-state index contributed by atoms with van der Waals surface area (Å²) in [5.74, 6) is 0. The molecule has 17 heavy (non-hydrogen) atoms. The highest BCUT2D eigenvalue weighted by molar-refractivity contribution is 5.07. The first-order valence-electron chi connectivity index (χ1n) is 6.19. The van der Waals surface area contributed by atoms with E-state index >= 15 is 0 Å². The minimum atomic E-state index is -0.000787. The second-order valence-electron chi connectivity index (χ2n) is 5.63. The van der Waals surface area contributed by atoms with Crippen molar-refractivity contribution in [1.29, 1.82) is 0 Å². The molecule has 0 saturated heterocycles. The number of ether oxygens (including phenoxy) is 1. The van der Waals surface area contributed by atoms with Gasteiger partial charge in [0.05, 0.1) is 12.3 Å². The number of hydrogen-bond acceptors (Lipinski definition) is 3. The molecule has 4 heteroatoms. The Hall–Kier alpha value is -0.870. The average molecular weight is 239 g/mol. The van der Waals surface area contributed by atoms with Crippen molar-refractivity contribution in [1.82, 2.24) is 9.78 Å². The summed E-state index contributed by atoms with van der Waals surface area (Å²) in [7, 11) is 1.92. The van der Waals surface area contributed by atoms with E-state index in [2.05, 4.69) is 25.9 Å². The van der Waals surface area contributed by atoms with E-state index in [4.69, 9.17) is 10.5 Å². The molecule has 4 nitrogen and oxygen atoms in total. The molecule has 1 aromatic rings. The van der Waals surface area contributed by atoms with Crippen LogP contribution in [0.25, 0.3) is 0 Å². The van der Waals surface area contributed by atoms with Crippen LogP contribution >= 0.6 is 0 Å². The van der Waals surface area contributed by atoms with Crippen LogP contribution in [0.3, 0.4) is 0 Å². The molecule has 0 aliphatic rings. The predicted octanol–water partition coefficient (Wildman–Crippen LogP) is 1.74. The Balaban J connectivity index is 2.68. The van der Waals surface area contributed by atoms with Gasteiger partial charge in [-0.3, -0.25) is 4.68 Å². The van der Waals surface area contributed by atoms with Gasteiger partial charge in [0.2, 0.25) is 0 Å². The lowest BCUT2D eigenvalue weighted by molar-refractivity contribution is -0.0274. The molecule has 2 N–H and O–H groups in total. The van der Waals surface area contributed by atoms with Crippen LogP contribution in [0.4, 0.5) is 0 Å². The third kappa shape index (κ3) is 4.13. The quantitative estimate of drug-likeness (QED) is 0.851. The van der Waals surface area contributed by atoms with Crippen molar-refractivity contribution in [3.8, 4) is 0 Å². The Kier molecular flexibility index (Phi) is 4.71. The molecule has 0 saturated carbocycles. The van der Waals surface area contributed by atoms with E-state index in [-0.39, 0.29) is 17.6 Å². The Morgan fingerprint density at radius 1 is 1.47 bits per heavy atom. The average Bonchev–Trinajstić information content (AvgIpc) is 2.58. The Bertz CT molecular complexity index is 341. The fourth-order valence-electron chi connectivity index (χ4n) is 2.15. The van der Waals surface area contributed by atoms with E-state index in [9.17, 15) is 0 Å². The highest BCUT2D eigenvalue weighted by Gasteiger charge is 2.30. The summed E-state index contributed by atoms with van der Waals surface area (Å²) in [6, 6.07) is -0.000787. The Morgan fingerprint density at radius 2 is 2.12 bits per heavy atom. The summed E-state index contributed by atoms with van der Waals surface area (Å²) in [6.07, 6.45) is 4.74. The van der Waals surface area contributed by atoms with E-state index in [0.29, 0.717) is 6.61 Å². The monoisotopic (exact) mass is 239 g/mol. The summed E-state index contributed by atoms with van der Waals surface area (Å²) in [4.78, 5) is 0. The van der Waals surface area contributed by atoms with Crippen LogP contribution in [-0.2, 0) is 18.2 Å². The minimum absolute atomic E-state index is 0.000787. The molecule has 0 fully saturated rings. The summed E-state index contributed by atoms with van der Waals surface area (Å²) in [5, 5.41) is 4.16. The first-order valence-corrected chi connectivity index (χ1v) is 6.19. The third-order valence-corrected chi connectivity index (χ3v) is 2.82. The summed E-state index contributed by atoms with van der Waals surface area (Å²) in [6.45, 7) is 9.20. The molecule has 2 unspecified atom stereocenters. The molecule has 0 aliphatic carbocycles. The van der Waals surface area contributed by atoms with Crippen molar-refractivity contribution in [3.05, 3.63) is 18.0 Å². The van der Waals surface area contributed by atoms with Gasteiger partial charge in [0.25, 0.3) is 0 Å². The van der Waals surface area contributed by atoms with Gasteiger partial charge in [-0.05, 0) is 24.3 Å². The highest BCUT2D eigenvalue weighted by Crippen LogP contribution is 2.25. The van der Waals surface area contributed by atoms with E-state index in [1.807, 2.05) is 26.4 Å². The van der Waals surface area contributed by atoms with Gasteiger partial charge >= 0.3 is 0 Å². The molecular formula is C13H25N3O. The molecule has 0 bridgehead atoms. The molecule has 0 spiro atoms. The second kappa shape index (κ2) is 5.65. The van der Waals surface area contributed by atoms with Gasteiger partial charge in [-0.2, -0.15) is 5.10 Å². The zero-order valence-corrected chi connectivity index (χ0v) is 11.6. The number of aryl methyl sites for hydroxylation is 1. The van der Waals surface area contributed by atoms with Crippen LogP contribution in [0.2, 0.25) is 0 Å². The van der Waals surface area contributed by atoms with Crippen molar-refractivity contribution in [2.75, 3.05) is 6.61 Å².